The van der Waals surface area contributed by atoms with Gasteiger partial charge in [0.15, 0.2) is 0 Å². The van der Waals surface area contributed by atoms with E-state index in [2.05, 4.69) is 16.5 Å². The van der Waals surface area contributed by atoms with Gasteiger partial charge in [0.25, 0.3) is 5.91 Å². The Labute approximate surface area is 163 Å². The highest BCUT2D eigenvalue weighted by Gasteiger charge is 2.17. The molecule has 1 fully saturated rings. The van der Waals surface area contributed by atoms with Gasteiger partial charge in [-0.3, -0.25) is 4.79 Å². The minimum atomic E-state index is 0. The number of benzene rings is 1. The van der Waals surface area contributed by atoms with Gasteiger partial charge < -0.3 is 14.6 Å². The molecule has 7 heteroatoms. The monoisotopic (exact) mass is 388 g/mol. The summed E-state index contributed by atoms with van der Waals surface area (Å²) in [5.41, 5.74) is 2.78. The maximum absolute atomic E-state index is 12.5. The zero-order chi connectivity index (χ0) is 17.1. The third-order valence-corrected chi connectivity index (χ3v) is 5.35. The smallest absolute Gasteiger partial charge is 0.253 e. The van der Waals surface area contributed by atoms with Crippen molar-refractivity contribution in [3.05, 3.63) is 66.1 Å². The zero-order valence-electron chi connectivity index (χ0n) is 14.3. The van der Waals surface area contributed by atoms with Crippen molar-refractivity contribution in [1.82, 2.24) is 19.6 Å². The summed E-state index contributed by atoms with van der Waals surface area (Å²) < 4.78 is 2.03. The Hall–Kier alpha value is -2.02. The number of rotatable bonds is 4. The van der Waals surface area contributed by atoms with Crippen LogP contribution in [0.3, 0.4) is 0 Å². The summed E-state index contributed by atoms with van der Waals surface area (Å²) in [5.74, 6) is 0.936. The molecule has 1 aliphatic rings. The number of nitrogens with zero attached hydrogens (tertiary/aromatic N) is 3. The number of hydrogen-bond acceptors (Lipinski definition) is 4. The van der Waals surface area contributed by atoms with E-state index in [-0.39, 0.29) is 18.3 Å². The topological polar surface area (TPSA) is 49.6 Å². The molecular formula is C19H21ClN4OS. The van der Waals surface area contributed by atoms with Gasteiger partial charge in [-0.25, -0.2) is 4.98 Å². The molecule has 0 radical (unpaired) electrons. The number of hydrogen-bond donors (Lipinski definition) is 1. The quantitative estimate of drug-likeness (QED) is 0.698. The number of aromatic nitrogens is 2. The molecule has 4 rings (SSSR count). The molecule has 1 saturated heterocycles. The number of carbonyl (C=O) groups excluding carboxylic acids is 1. The highest BCUT2D eigenvalue weighted by atomic mass is 35.5. The fourth-order valence-corrected chi connectivity index (χ4v) is 3.74. The summed E-state index contributed by atoms with van der Waals surface area (Å²) in [6, 6.07) is 13.9. The van der Waals surface area contributed by atoms with Crippen molar-refractivity contribution >= 4 is 35.7 Å². The maximum atomic E-state index is 12.5. The molecule has 0 saturated carbocycles. The zero-order valence-corrected chi connectivity index (χ0v) is 15.9. The van der Waals surface area contributed by atoms with E-state index in [0.717, 1.165) is 53.7 Å². The van der Waals surface area contributed by atoms with E-state index in [1.165, 1.54) is 0 Å². The van der Waals surface area contributed by atoms with Gasteiger partial charge in [0.2, 0.25) is 0 Å². The summed E-state index contributed by atoms with van der Waals surface area (Å²) in [6.45, 7) is 3.31. The predicted molar refractivity (Wildman–Crippen MR) is 107 cm³/mol. The Morgan fingerprint density at radius 3 is 2.62 bits per heavy atom. The van der Waals surface area contributed by atoms with E-state index in [0.29, 0.717) is 0 Å². The molecule has 5 nitrogen and oxygen atoms in total. The Morgan fingerprint density at radius 1 is 1.12 bits per heavy atom. The first kappa shape index (κ1) is 18.8. The van der Waals surface area contributed by atoms with E-state index in [9.17, 15) is 4.79 Å². The standard InChI is InChI=1S/C19H20N4OS.ClH/c24-19(22-11-8-20-9-12-22)15-4-6-17(7-5-15)25-14-16-13-23-10-2-1-3-18(23)21-16;/h1-7,10,13,20H,8-9,11-12,14H2;1H. The number of fused-ring (bicyclic) bond motifs is 1. The molecule has 1 aliphatic heterocycles. The van der Waals surface area contributed by atoms with Gasteiger partial charge in [-0.05, 0) is 36.4 Å². The molecule has 0 atom stereocenters. The summed E-state index contributed by atoms with van der Waals surface area (Å²) in [5, 5.41) is 3.27. The summed E-state index contributed by atoms with van der Waals surface area (Å²) in [7, 11) is 0. The maximum Gasteiger partial charge on any atom is 0.253 e. The van der Waals surface area contributed by atoms with E-state index >= 15 is 0 Å². The molecule has 2 aromatic heterocycles. The lowest BCUT2D eigenvalue weighted by molar-refractivity contribution is 0.0735. The van der Waals surface area contributed by atoms with Gasteiger partial charge in [-0.1, -0.05) is 6.07 Å². The number of piperazine rings is 1. The largest absolute Gasteiger partial charge is 0.336 e. The molecule has 3 aromatic rings. The van der Waals surface area contributed by atoms with Crippen LogP contribution in [0, 0.1) is 0 Å². The van der Waals surface area contributed by atoms with Gasteiger partial charge in [0.1, 0.15) is 5.65 Å². The number of nitrogens with one attached hydrogen (secondary N) is 1. The van der Waals surface area contributed by atoms with Crippen molar-refractivity contribution in [2.75, 3.05) is 26.2 Å². The van der Waals surface area contributed by atoms with E-state index in [4.69, 9.17) is 0 Å². The van der Waals surface area contributed by atoms with Crippen molar-refractivity contribution in [2.45, 2.75) is 10.6 Å². The number of carbonyl (C=O) groups is 1. The number of imidazole rings is 1. The first-order valence-electron chi connectivity index (χ1n) is 8.45. The van der Waals surface area contributed by atoms with Crippen LogP contribution in [0.2, 0.25) is 0 Å². The molecule has 0 aliphatic carbocycles. The molecular weight excluding hydrogens is 368 g/mol. The fourth-order valence-electron chi connectivity index (χ4n) is 2.96. The first-order valence-corrected chi connectivity index (χ1v) is 9.44. The van der Waals surface area contributed by atoms with Crippen LogP contribution in [0.1, 0.15) is 16.1 Å². The molecule has 26 heavy (non-hydrogen) atoms. The second-order valence-electron chi connectivity index (χ2n) is 6.05. The van der Waals surface area contributed by atoms with Crippen LogP contribution in [0.25, 0.3) is 5.65 Å². The lowest BCUT2D eigenvalue weighted by atomic mass is 10.2. The lowest BCUT2D eigenvalue weighted by Gasteiger charge is -2.27. The minimum absolute atomic E-state index is 0. The summed E-state index contributed by atoms with van der Waals surface area (Å²) in [4.78, 5) is 20.1. The lowest BCUT2D eigenvalue weighted by Crippen LogP contribution is -2.46. The number of halogens is 1. The van der Waals surface area contributed by atoms with Crippen molar-refractivity contribution in [2.24, 2.45) is 0 Å². The van der Waals surface area contributed by atoms with Crippen molar-refractivity contribution in [3.8, 4) is 0 Å². The van der Waals surface area contributed by atoms with Crippen LogP contribution >= 0.6 is 24.2 Å². The molecule has 0 spiro atoms. The van der Waals surface area contributed by atoms with Crippen LogP contribution in [-0.2, 0) is 5.75 Å². The van der Waals surface area contributed by atoms with Crippen LogP contribution in [0.4, 0.5) is 0 Å². The van der Waals surface area contributed by atoms with Crippen molar-refractivity contribution < 1.29 is 4.79 Å². The van der Waals surface area contributed by atoms with Gasteiger partial charge >= 0.3 is 0 Å². The highest BCUT2D eigenvalue weighted by Crippen LogP contribution is 2.23. The van der Waals surface area contributed by atoms with E-state index in [1.807, 2.05) is 58.0 Å². The number of pyridine rings is 1. The first-order chi connectivity index (χ1) is 12.3. The second-order valence-corrected chi connectivity index (χ2v) is 7.10. The minimum Gasteiger partial charge on any atom is -0.336 e. The Balaban J connectivity index is 0.00000196. The molecule has 1 amide bonds. The third-order valence-electron chi connectivity index (χ3n) is 4.31. The summed E-state index contributed by atoms with van der Waals surface area (Å²) in [6.07, 6.45) is 4.07. The highest BCUT2D eigenvalue weighted by molar-refractivity contribution is 7.98. The number of thioether (sulfide) groups is 1. The molecule has 0 unspecified atom stereocenters. The fraction of sp³-hybridized carbons (Fsp3) is 0.263. The van der Waals surface area contributed by atoms with Crippen molar-refractivity contribution in [3.63, 3.8) is 0 Å². The molecule has 3 heterocycles. The second kappa shape index (κ2) is 8.58. The average molecular weight is 389 g/mol. The van der Waals surface area contributed by atoms with E-state index < -0.39 is 0 Å². The Bertz CT molecular complexity index is 842. The van der Waals surface area contributed by atoms with Gasteiger partial charge in [-0.2, -0.15) is 0 Å². The van der Waals surface area contributed by atoms with Crippen molar-refractivity contribution in [1.29, 1.82) is 0 Å². The molecule has 136 valence electrons. The van der Waals surface area contributed by atoms with E-state index in [1.54, 1.807) is 11.8 Å². The molecule has 1 N–H and O–H groups in total. The van der Waals surface area contributed by atoms with Crippen LogP contribution < -0.4 is 5.32 Å². The Kier molecular flexibility index (Phi) is 6.19. The predicted octanol–water partition coefficient (Wildman–Crippen LogP) is 3.09. The van der Waals surface area contributed by atoms with Gasteiger partial charge in [0, 0.05) is 54.8 Å². The Morgan fingerprint density at radius 2 is 1.88 bits per heavy atom. The third kappa shape index (κ3) is 4.20. The molecule has 1 aromatic carbocycles. The van der Waals surface area contributed by atoms with Crippen LogP contribution in [0.15, 0.2) is 59.8 Å². The SMILES string of the molecule is Cl.O=C(c1ccc(SCc2cn3ccccc3n2)cc1)N1CCNCC1. The van der Waals surface area contributed by atoms with Crippen LogP contribution in [-0.4, -0.2) is 46.4 Å². The van der Waals surface area contributed by atoms with Crippen LogP contribution in [0.5, 0.6) is 0 Å². The average Bonchev–Trinajstić information content (AvgIpc) is 3.10. The van der Waals surface area contributed by atoms with Gasteiger partial charge in [-0.15, -0.1) is 24.2 Å². The van der Waals surface area contributed by atoms with Gasteiger partial charge in [0.05, 0.1) is 5.69 Å². The normalized spacial score (nSPS) is 14.2. The summed E-state index contributed by atoms with van der Waals surface area (Å²) >= 11 is 1.73. The number of amides is 1. The molecule has 0 bridgehead atoms.